The highest BCUT2D eigenvalue weighted by Crippen LogP contribution is 2.22. The van der Waals surface area contributed by atoms with Gasteiger partial charge in [0.05, 0.1) is 6.20 Å². The fourth-order valence-corrected chi connectivity index (χ4v) is 1.75. The smallest absolute Gasteiger partial charge is 0.391 e. The Morgan fingerprint density at radius 3 is 3.11 bits per heavy atom. The number of hydrogen-bond donors (Lipinski definition) is 1. The molecule has 19 heavy (non-hydrogen) atoms. The van der Waals surface area contributed by atoms with Crippen molar-refractivity contribution in [2.75, 3.05) is 0 Å². The first-order valence-corrected chi connectivity index (χ1v) is 5.98. The average molecular weight is 278 g/mol. The number of ether oxygens (including phenoxy) is 1. The van der Waals surface area contributed by atoms with Crippen LogP contribution in [0.2, 0.25) is 5.15 Å². The molecule has 1 amide bonds. The van der Waals surface area contributed by atoms with Crippen molar-refractivity contribution in [2.24, 2.45) is 0 Å². The first-order valence-electron chi connectivity index (χ1n) is 5.60. The standard InChI is InChI=1S/C11H8ClN5O2/c12-8-3-9(19-11(18)15-7-1-2-7)17-10(16-8)6(4-13)5-14-17/h3,5,7H,1-2H2,(H,15,18). The Balaban J connectivity index is 1.95. The molecule has 2 heterocycles. The molecular formula is C11H8ClN5O2. The molecule has 0 atom stereocenters. The third-order valence-corrected chi connectivity index (χ3v) is 2.82. The van der Waals surface area contributed by atoms with Gasteiger partial charge in [0.1, 0.15) is 16.8 Å². The van der Waals surface area contributed by atoms with Gasteiger partial charge in [0.25, 0.3) is 0 Å². The maximum absolute atomic E-state index is 11.6. The van der Waals surface area contributed by atoms with Gasteiger partial charge in [0.2, 0.25) is 5.88 Å². The van der Waals surface area contributed by atoms with E-state index in [-0.39, 0.29) is 28.3 Å². The molecule has 3 rings (SSSR count). The molecule has 0 spiro atoms. The summed E-state index contributed by atoms with van der Waals surface area (Å²) in [7, 11) is 0. The molecule has 1 aliphatic carbocycles. The Morgan fingerprint density at radius 2 is 2.42 bits per heavy atom. The Kier molecular flexibility index (Phi) is 2.72. The van der Waals surface area contributed by atoms with Crippen LogP contribution in [0.5, 0.6) is 5.88 Å². The number of hydrogen-bond acceptors (Lipinski definition) is 5. The molecule has 0 aliphatic heterocycles. The molecule has 0 radical (unpaired) electrons. The van der Waals surface area contributed by atoms with Gasteiger partial charge in [-0.1, -0.05) is 11.6 Å². The number of fused-ring (bicyclic) bond motifs is 1. The number of nitrogens with zero attached hydrogens (tertiary/aromatic N) is 4. The fourth-order valence-electron chi connectivity index (χ4n) is 1.58. The van der Waals surface area contributed by atoms with Crippen molar-refractivity contribution in [1.29, 1.82) is 5.26 Å². The Hall–Kier alpha value is -2.33. The first-order chi connectivity index (χ1) is 9.17. The lowest BCUT2D eigenvalue weighted by Gasteiger charge is -2.07. The predicted molar refractivity (Wildman–Crippen MR) is 64.9 cm³/mol. The third-order valence-electron chi connectivity index (χ3n) is 2.62. The second-order valence-electron chi connectivity index (χ2n) is 4.13. The van der Waals surface area contributed by atoms with Crippen LogP contribution in [0, 0.1) is 11.3 Å². The first kappa shape index (κ1) is 11.7. The molecular weight excluding hydrogens is 270 g/mol. The van der Waals surface area contributed by atoms with E-state index in [9.17, 15) is 4.79 Å². The lowest BCUT2D eigenvalue weighted by atomic mass is 10.4. The van der Waals surface area contributed by atoms with E-state index in [1.54, 1.807) is 0 Å². The van der Waals surface area contributed by atoms with Crippen molar-refractivity contribution >= 4 is 23.3 Å². The molecule has 0 bridgehead atoms. The zero-order chi connectivity index (χ0) is 13.4. The van der Waals surface area contributed by atoms with Crippen molar-refractivity contribution < 1.29 is 9.53 Å². The van der Waals surface area contributed by atoms with Crippen LogP contribution in [-0.2, 0) is 0 Å². The van der Waals surface area contributed by atoms with Crippen LogP contribution in [0.15, 0.2) is 12.3 Å². The van der Waals surface area contributed by atoms with Crippen molar-refractivity contribution in [3.05, 3.63) is 23.0 Å². The summed E-state index contributed by atoms with van der Waals surface area (Å²) >= 11 is 5.84. The number of nitriles is 1. The van der Waals surface area contributed by atoms with Crippen LogP contribution in [0.4, 0.5) is 4.79 Å². The number of amides is 1. The van der Waals surface area contributed by atoms with E-state index in [0.717, 1.165) is 12.8 Å². The lowest BCUT2D eigenvalue weighted by molar-refractivity contribution is 0.197. The monoisotopic (exact) mass is 277 g/mol. The van der Waals surface area contributed by atoms with Crippen LogP contribution in [0.25, 0.3) is 5.65 Å². The lowest BCUT2D eigenvalue weighted by Crippen LogP contribution is -2.29. The van der Waals surface area contributed by atoms with E-state index in [1.807, 2.05) is 6.07 Å². The number of carbonyl (C=O) groups is 1. The molecule has 0 unspecified atom stereocenters. The zero-order valence-corrected chi connectivity index (χ0v) is 10.4. The summed E-state index contributed by atoms with van der Waals surface area (Å²) in [5.74, 6) is 0.120. The second-order valence-corrected chi connectivity index (χ2v) is 4.52. The number of aromatic nitrogens is 3. The molecule has 1 saturated carbocycles. The molecule has 1 N–H and O–H groups in total. The topological polar surface area (TPSA) is 92.3 Å². The minimum atomic E-state index is -0.569. The zero-order valence-electron chi connectivity index (χ0n) is 9.63. The number of nitrogens with one attached hydrogen (secondary N) is 1. The van der Waals surface area contributed by atoms with E-state index in [2.05, 4.69) is 15.4 Å². The van der Waals surface area contributed by atoms with Crippen LogP contribution < -0.4 is 10.1 Å². The van der Waals surface area contributed by atoms with Crippen molar-refractivity contribution in [3.63, 3.8) is 0 Å². The highest BCUT2D eigenvalue weighted by atomic mass is 35.5. The van der Waals surface area contributed by atoms with Gasteiger partial charge in [-0.05, 0) is 12.8 Å². The molecule has 2 aromatic heterocycles. The van der Waals surface area contributed by atoms with Crippen LogP contribution in [0.3, 0.4) is 0 Å². The summed E-state index contributed by atoms with van der Waals surface area (Å²) in [6.07, 6.45) is 2.69. The van der Waals surface area contributed by atoms with Gasteiger partial charge >= 0.3 is 6.09 Å². The summed E-state index contributed by atoms with van der Waals surface area (Å²) < 4.78 is 6.39. The van der Waals surface area contributed by atoms with E-state index in [0.29, 0.717) is 0 Å². The number of carbonyl (C=O) groups excluding carboxylic acids is 1. The maximum Gasteiger partial charge on any atom is 0.414 e. The third kappa shape index (κ3) is 2.30. The summed E-state index contributed by atoms with van der Waals surface area (Å²) in [4.78, 5) is 15.6. The summed E-state index contributed by atoms with van der Waals surface area (Å²) in [5, 5.41) is 15.7. The summed E-state index contributed by atoms with van der Waals surface area (Å²) in [5.41, 5.74) is 0.513. The summed E-state index contributed by atoms with van der Waals surface area (Å²) in [6.45, 7) is 0. The van der Waals surface area contributed by atoms with E-state index >= 15 is 0 Å². The highest BCUT2D eigenvalue weighted by Gasteiger charge is 2.25. The van der Waals surface area contributed by atoms with E-state index in [1.165, 1.54) is 16.8 Å². The minimum absolute atomic E-state index is 0.120. The van der Waals surface area contributed by atoms with Gasteiger partial charge < -0.3 is 10.1 Å². The van der Waals surface area contributed by atoms with Crippen molar-refractivity contribution in [1.82, 2.24) is 19.9 Å². The van der Waals surface area contributed by atoms with Gasteiger partial charge in [-0.15, -0.1) is 0 Å². The second kappa shape index (κ2) is 4.40. The molecule has 96 valence electrons. The minimum Gasteiger partial charge on any atom is -0.391 e. The van der Waals surface area contributed by atoms with E-state index < -0.39 is 6.09 Å². The maximum atomic E-state index is 11.6. The largest absolute Gasteiger partial charge is 0.414 e. The fraction of sp³-hybridized carbons (Fsp3) is 0.273. The van der Waals surface area contributed by atoms with Crippen molar-refractivity contribution in [2.45, 2.75) is 18.9 Å². The van der Waals surface area contributed by atoms with Gasteiger partial charge in [-0.2, -0.15) is 14.9 Å². The normalized spacial score (nSPS) is 14.1. The molecule has 0 saturated heterocycles. The molecule has 0 aromatic carbocycles. The van der Waals surface area contributed by atoms with Gasteiger partial charge in [-0.3, -0.25) is 0 Å². The van der Waals surface area contributed by atoms with Gasteiger partial charge in [0, 0.05) is 12.1 Å². The van der Waals surface area contributed by atoms with E-state index in [4.69, 9.17) is 21.6 Å². The Labute approximate surface area is 112 Å². The quantitative estimate of drug-likeness (QED) is 0.840. The number of halogens is 1. The molecule has 8 heteroatoms. The molecule has 1 fully saturated rings. The Bertz CT molecular complexity index is 701. The highest BCUT2D eigenvalue weighted by molar-refractivity contribution is 6.29. The van der Waals surface area contributed by atoms with Crippen LogP contribution >= 0.6 is 11.6 Å². The Morgan fingerprint density at radius 1 is 1.63 bits per heavy atom. The molecule has 2 aromatic rings. The van der Waals surface area contributed by atoms with Crippen molar-refractivity contribution in [3.8, 4) is 11.9 Å². The van der Waals surface area contributed by atoms with Crippen LogP contribution in [0.1, 0.15) is 18.4 Å². The van der Waals surface area contributed by atoms with Gasteiger partial charge in [-0.25, -0.2) is 9.78 Å². The summed E-state index contributed by atoms with van der Waals surface area (Å²) in [6, 6.07) is 3.50. The molecule has 7 nitrogen and oxygen atoms in total. The van der Waals surface area contributed by atoms with Gasteiger partial charge in [0.15, 0.2) is 5.65 Å². The van der Waals surface area contributed by atoms with Crippen LogP contribution in [-0.4, -0.2) is 26.7 Å². The average Bonchev–Trinajstić information content (AvgIpc) is 3.06. The predicted octanol–water partition coefficient (Wildman–Crippen LogP) is 1.51. The number of rotatable bonds is 2. The SMILES string of the molecule is N#Cc1cnn2c(OC(=O)NC3CC3)cc(Cl)nc12. The molecule has 1 aliphatic rings.